The number of hydrogen-bond donors (Lipinski definition) is 0. The third kappa shape index (κ3) is 3.40. The minimum atomic E-state index is -4.58. The summed E-state index contributed by atoms with van der Waals surface area (Å²) in [7, 11) is 1.34. The monoisotopic (exact) mass is 356 g/mol. The van der Waals surface area contributed by atoms with E-state index in [9.17, 15) is 18.0 Å². The Morgan fingerprint density at radius 1 is 1.40 bits per heavy atom. The Morgan fingerprint density at radius 3 is 2.80 bits per heavy atom. The molecule has 0 aromatic carbocycles. The van der Waals surface area contributed by atoms with Crippen LogP contribution >= 0.6 is 0 Å². The maximum absolute atomic E-state index is 12.8. The first-order chi connectivity index (χ1) is 11.8. The second-order valence-electron chi connectivity index (χ2n) is 6.16. The van der Waals surface area contributed by atoms with Gasteiger partial charge in [-0.3, -0.25) is 9.48 Å². The lowest BCUT2D eigenvalue weighted by molar-refractivity contribution is -0.141. The van der Waals surface area contributed by atoms with Crippen molar-refractivity contribution in [2.45, 2.75) is 44.8 Å². The summed E-state index contributed by atoms with van der Waals surface area (Å²) in [6.07, 6.45) is -1.45. The third-order valence-corrected chi connectivity index (χ3v) is 4.32. The van der Waals surface area contributed by atoms with E-state index < -0.39 is 17.8 Å². The Bertz CT molecular complexity index is 766. The van der Waals surface area contributed by atoms with E-state index in [1.54, 1.807) is 4.90 Å². The summed E-state index contributed by atoms with van der Waals surface area (Å²) in [5.41, 5.74) is -0.509. The number of aromatic nitrogens is 3. The lowest BCUT2D eigenvalue weighted by Crippen LogP contribution is -2.32. The molecule has 136 valence electrons. The minimum Gasteiger partial charge on any atom is -0.361 e. The van der Waals surface area contributed by atoms with E-state index >= 15 is 0 Å². The van der Waals surface area contributed by atoms with Gasteiger partial charge in [0.15, 0.2) is 5.69 Å². The summed E-state index contributed by atoms with van der Waals surface area (Å²) in [5.74, 6) is 0.268. The summed E-state index contributed by atoms with van der Waals surface area (Å²) in [4.78, 5) is 14.3. The Kier molecular flexibility index (Phi) is 4.57. The number of aryl methyl sites for hydroxylation is 2. The maximum atomic E-state index is 12.8. The molecule has 0 spiro atoms. The second kappa shape index (κ2) is 6.53. The van der Waals surface area contributed by atoms with Crippen molar-refractivity contribution in [1.82, 2.24) is 19.8 Å². The van der Waals surface area contributed by atoms with E-state index in [0.717, 1.165) is 35.8 Å². The topological polar surface area (TPSA) is 64.2 Å². The quantitative estimate of drug-likeness (QED) is 0.843. The molecule has 2 aromatic rings. The van der Waals surface area contributed by atoms with Crippen molar-refractivity contribution in [3.05, 3.63) is 35.0 Å². The average Bonchev–Trinajstić information content (AvgIpc) is 3.24. The standard InChI is InChI=1S/C16H19F3N4O2/c1-3-5-10-8-11(21-25-10)12-6-4-7-23(12)15(24)13-9-14(16(17,18)19)20-22(13)2/h8-9,12H,3-7H2,1-2H3. The molecule has 1 amide bonds. The molecule has 3 rings (SSSR count). The molecular weight excluding hydrogens is 337 g/mol. The zero-order valence-corrected chi connectivity index (χ0v) is 14.0. The van der Waals surface area contributed by atoms with Gasteiger partial charge in [0.2, 0.25) is 0 Å². The maximum Gasteiger partial charge on any atom is 0.435 e. The first-order valence-corrected chi connectivity index (χ1v) is 8.19. The molecule has 2 aromatic heterocycles. The highest BCUT2D eigenvalue weighted by Gasteiger charge is 2.38. The molecule has 0 saturated carbocycles. The summed E-state index contributed by atoms with van der Waals surface area (Å²) >= 11 is 0. The fraction of sp³-hybridized carbons (Fsp3) is 0.562. The van der Waals surface area contributed by atoms with Gasteiger partial charge in [0.25, 0.3) is 5.91 Å². The number of carbonyl (C=O) groups is 1. The molecule has 1 saturated heterocycles. The van der Waals surface area contributed by atoms with Crippen LogP contribution in [0.3, 0.4) is 0 Å². The van der Waals surface area contributed by atoms with Crippen LogP contribution in [0, 0.1) is 0 Å². The van der Waals surface area contributed by atoms with Gasteiger partial charge in [0.1, 0.15) is 17.1 Å². The van der Waals surface area contributed by atoms with Gasteiger partial charge in [-0.2, -0.15) is 18.3 Å². The fourth-order valence-electron chi connectivity index (χ4n) is 3.12. The third-order valence-electron chi connectivity index (χ3n) is 4.32. The summed E-state index contributed by atoms with van der Waals surface area (Å²) in [6.45, 7) is 2.49. The number of hydrogen-bond acceptors (Lipinski definition) is 4. The van der Waals surface area contributed by atoms with Gasteiger partial charge >= 0.3 is 6.18 Å². The zero-order valence-electron chi connectivity index (χ0n) is 14.0. The molecule has 6 nitrogen and oxygen atoms in total. The van der Waals surface area contributed by atoms with Gasteiger partial charge in [-0.15, -0.1) is 0 Å². The van der Waals surface area contributed by atoms with Crippen molar-refractivity contribution in [2.24, 2.45) is 7.05 Å². The van der Waals surface area contributed by atoms with Gasteiger partial charge < -0.3 is 9.42 Å². The molecule has 1 unspecified atom stereocenters. The van der Waals surface area contributed by atoms with Crippen LogP contribution in [0.15, 0.2) is 16.7 Å². The highest BCUT2D eigenvalue weighted by atomic mass is 19.4. The smallest absolute Gasteiger partial charge is 0.361 e. The van der Waals surface area contributed by atoms with E-state index in [-0.39, 0.29) is 11.7 Å². The highest BCUT2D eigenvalue weighted by molar-refractivity contribution is 5.93. The van der Waals surface area contributed by atoms with E-state index in [0.29, 0.717) is 18.7 Å². The Labute approximate surface area is 142 Å². The molecule has 25 heavy (non-hydrogen) atoms. The number of carbonyl (C=O) groups excluding carboxylic acids is 1. The first-order valence-electron chi connectivity index (χ1n) is 8.19. The van der Waals surface area contributed by atoms with Gasteiger partial charge in [-0.05, 0) is 19.3 Å². The normalized spacial score (nSPS) is 18.1. The van der Waals surface area contributed by atoms with Gasteiger partial charge in [-0.1, -0.05) is 12.1 Å². The highest BCUT2D eigenvalue weighted by Crippen LogP contribution is 2.34. The SMILES string of the molecule is CCCc1cc(C2CCCN2C(=O)c2cc(C(F)(F)F)nn2C)no1. The van der Waals surface area contributed by atoms with E-state index in [2.05, 4.69) is 10.3 Å². The summed E-state index contributed by atoms with van der Waals surface area (Å²) < 4.78 is 44.7. The number of likely N-dealkylation sites (tertiary alicyclic amines) is 1. The summed E-state index contributed by atoms with van der Waals surface area (Å²) in [6, 6.07) is 2.33. The van der Waals surface area contributed by atoms with Crippen LogP contribution in [0.1, 0.15) is 59.9 Å². The zero-order chi connectivity index (χ0) is 18.2. The predicted octanol–water partition coefficient (Wildman–Crippen LogP) is 3.36. The average molecular weight is 356 g/mol. The number of nitrogens with zero attached hydrogens (tertiary/aromatic N) is 4. The molecule has 0 N–H and O–H groups in total. The van der Waals surface area contributed by atoms with Crippen LogP contribution in [0.4, 0.5) is 13.2 Å². The first kappa shape index (κ1) is 17.5. The van der Waals surface area contributed by atoms with Crippen molar-refractivity contribution in [3.63, 3.8) is 0 Å². The second-order valence-corrected chi connectivity index (χ2v) is 6.16. The molecule has 1 aliphatic heterocycles. The van der Waals surface area contributed by atoms with Crippen LogP contribution in [0.25, 0.3) is 0 Å². The van der Waals surface area contributed by atoms with E-state index in [1.165, 1.54) is 7.05 Å². The van der Waals surface area contributed by atoms with Gasteiger partial charge in [0.05, 0.1) is 6.04 Å². The van der Waals surface area contributed by atoms with Gasteiger partial charge in [-0.25, -0.2) is 0 Å². The molecule has 0 aliphatic carbocycles. The molecule has 0 bridgehead atoms. The van der Waals surface area contributed by atoms with Crippen LogP contribution in [0.2, 0.25) is 0 Å². The Morgan fingerprint density at radius 2 is 2.16 bits per heavy atom. The number of halogens is 3. The van der Waals surface area contributed by atoms with E-state index in [4.69, 9.17) is 4.52 Å². The van der Waals surface area contributed by atoms with Crippen molar-refractivity contribution in [2.75, 3.05) is 6.54 Å². The van der Waals surface area contributed by atoms with Crippen molar-refractivity contribution < 1.29 is 22.5 Å². The lowest BCUT2D eigenvalue weighted by Gasteiger charge is -2.22. The number of rotatable bonds is 4. The van der Waals surface area contributed by atoms with Crippen molar-refractivity contribution in [3.8, 4) is 0 Å². The molecule has 1 aliphatic rings. The van der Waals surface area contributed by atoms with E-state index in [1.807, 2.05) is 13.0 Å². The van der Waals surface area contributed by atoms with Crippen LogP contribution in [-0.4, -0.2) is 32.3 Å². The van der Waals surface area contributed by atoms with Crippen molar-refractivity contribution in [1.29, 1.82) is 0 Å². The van der Waals surface area contributed by atoms with Gasteiger partial charge in [0, 0.05) is 32.1 Å². The Hall–Kier alpha value is -2.32. The summed E-state index contributed by atoms with van der Waals surface area (Å²) in [5, 5.41) is 7.45. The predicted molar refractivity (Wildman–Crippen MR) is 81.7 cm³/mol. The van der Waals surface area contributed by atoms with Crippen LogP contribution in [-0.2, 0) is 19.6 Å². The molecule has 3 heterocycles. The minimum absolute atomic E-state index is 0.0866. The largest absolute Gasteiger partial charge is 0.435 e. The lowest BCUT2D eigenvalue weighted by atomic mass is 10.1. The Balaban J connectivity index is 1.84. The molecule has 0 radical (unpaired) electrons. The molecule has 1 fully saturated rings. The molecular formula is C16H19F3N4O2. The molecule has 1 atom stereocenters. The van der Waals surface area contributed by atoms with Crippen LogP contribution in [0.5, 0.6) is 0 Å². The number of amides is 1. The van der Waals surface area contributed by atoms with Crippen molar-refractivity contribution >= 4 is 5.91 Å². The number of alkyl halides is 3. The van der Waals surface area contributed by atoms with Crippen LogP contribution < -0.4 is 0 Å². The fourth-order valence-corrected chi connectivity index (χ4v) is 3.12. The molecule has 9 heteroatoms.